The van der Waals surface area contributed by atoms with Crippen molar-refractivity contribution < 1.29 is 30.4 Å². The Balaban J connectivity index is 1.86. The van der Waals surface area contributed by atoms with Crippen LogP contribution < -0.4 is 5.32 Å². The molecular formula is C17H15F2NO5S2. The van der Waals surface area contributed by atoms with E-state index in [2.05, 4.69) is 5.32 Å². The van der Waals surface area contributed by atoms with Gasteiger partial charge in [0.05, 0.1) is 27.3 Å². The zero-order chi connectivity index (χ0) is 19.8. The average molecular weight is 415 g/mol. The van der Waals surface area contributed by atoms with Crippen molar-refractivity contribution in [2.24, 2.45) is 0 Å². The lowest BCUT2D eigenvalue weighted by Crippen LogP contribution is -2.23. The molecule has 2 aromatic rings. The Hall–Kier alpha value is -2.33. The molecule has 1 aliphatic rings. The van der Waals surface area contributed by atoms with Gasteiger partial charge in [-0.2, -0.15) is 0 Å². The maximum Gasteiger partial charge on any atom is 0.255 e. The lowest BCUT2D eigenvalue weighted by molar-refractivity contribution is 0.102. The summed E-state index contributed by atoms with van der Waals surface area (Å²) in [7, 11) is -7.33. The zero-order valence-corrected chi connectivity index (χ0v) is 15.5. The molecule has 1 aliphatic heterocycles. The summed E-state index contributed by atoms with van der Waals surface area (Å²) in [5.41, 5.74) is -0.308. The van der Waals surface area contributed by atoms with Gasteiger partial charge in [0.1, 0.15) is 11.6 Å². The van der Waals surface area contributed by atoms with Crippen molar-refractivity contribution >= 4 is 31.3 Å². The van der Waals surface area contributed by atoms with E-state index >= 15 is 0 Å². The highest BCUT2D eigenvalue weighted by Gasteiger charge is 2.38. The Bertz CT molecular complexity index is 1110. The van der Waals surface area contributed by atoms with Gasteiger partial charge in [-0.25, -0.2) is 25.6 Å². The second kappa shape index (κ2) is 7.01. The highest BCUT2D eigenvalue weighted by atomic mass is 32.2. The number of sulfone groups is 2. The molecule has 6 nitrogen and oxygen atoms in total. The van der Waals surface area contributed by atoms with Crippen LogP contribution in [-0.2, 0) is 19.7 Å². The molecule has 10 heteroatoms. The molecule has 1 saturated heterocycles. The van der Waals surface area contributed by atoms with E-state index in [-0.39, 0.29) is 28.3 Å². The zero-order valence-electron chi connectivity index (χ0n) is 13.9. The molecule has 0 aliphatic carbocycles. The molecule has 3 rings (SSSR count). The van der Waals surface area contributed by atoms with Gasteiger partial charge < -0.3 is 5.32 Å². The van der Waals surface area contributed by atoms with Crippen molar-refractivity contribution in [3.63, 3.8) is 0 Å². The predicted octanol–water partition coefficient (Wildman–Crippen LogP) is 2.18. The van der Waals surface area contributed by atoms with Crippen LogP contribution in [0.2, 0.25) is 0 Å². The lowest BCUT2D eigenvalue weighted by Gasteiger charge is -2.12. The summed E-state index contributed by atoms with van der Waals surface area (Å²) in [6.07, 6.45) is 0.00187. The Morgan fingerprint density at radius 2 is 1.85 bits per heavy atom. The molecule has 2 aromatic carbocycles. The summed E-state index contributed by atoms with van der Waals surface area (Å²) in [6.45, 7) is 0. The van der Waals surface area contributed by atoms with E-state index in [1.165, 1.54) is 18.2 Å². The molecule has 1 fully saturated rings. The number of nitrogens with one attached hydrogen (secondary N) is 1. The molecule has 1 N–H and O–H groups in total. The Labute approximate surface area is 155 Å². The Morgan fingerprint density at radius 3 is 2.48 bits per heavy atom. The first kappa shape index (κ1) is 19.4. The first-order valence-electron chi connectivity index (χ1n) is 7.89. The Morgan fingerprint density at radius 1 is 1.11 bits per heavy atom. The van der Waals surface area contributed by atoms with Gasteiger partial charge in [-0.3, -0.25) is 4.79 Å². The van der Waals surface area contributed by atoms with Crippen LogP contribution in [0, 0.1) is 11.6 Å². The van der Waals surface area contributed by atoms with E-state index in [9.17, 15) is 30.4 Å². The molecule has 144 valence electrons. The third kappa shape index (κ3) is 4.16. The molecule has 0 spiro atoms. The van der Waals surface area contributed by atoms with Crippen LogP contribution >= 0.6 is 0 Å². The fourth-order valence-corrected chi connectivity index (χ4v) is 7.20. The van der Waals surface area contributed by atoms with Gasteiger partial charge in [-0.1, -0.05) is 6.07 Å². The minimum Gasteiger partial charge on any atom is -0.319 e. The van der Waals surface area contributed by atoms with Crippen molar-refractivity contribution in [3.8, 4) is 0 Å². The number of carbonyl (C=O) groups excluding carboxylic acids is 1. The molecule has 1 amide bonds. The van der Waals surface area contributed by atoms with Gasteiger partial charge in [0.25, 0.3) is 5.91 Å². The largest absolute Gasteiger partial charge is 0.319 e. The van der Waals surface area contributed by atoms with Crippen molar-refractivity contribution in [1.82, 2.24) is 0 Å². The molecule has 1 unspecified atom stereocenters. The van der Waals surface area contributed by atoms with E-state index in [0.717, 1.165) is 18.2 Å². The summed E-state index contributed by atoms with van der Waals surface area (Å²) < 4.78 is 75.0. The number of anilines is 1. The van der Waals surface area contributed by atoms with Crippen LogP contribution in [0.15, 0.2) is 47.4 Å². The van der Waals surface area contributed by atoms with E-state index in [4.69, 9.17) is 0 Å². The van der Waals surface area contributed by atoms with Crippen molar-refractivity contribution in [2.45, 2.75) is 16.6 Å². The van der Waals surface area contributed by atoms with Gasteiger partial charge in [-0.05, 0) is 36.8 Å². The number of benzene rings is 2. The third-order valence-corrected chi connectivity index (χ3v) is 8.40. The lowest BCUT2D eigenvalue weighted by atomic mass is 10.2. The number of rotatable bonds is 4. The van der Waals surface area contributed by atoms with Crippen LogP contribution in [-0.4, -0.2) is 39.5 Å². The SMILES string of the molecule is O=C(Nc1ccc(F)cc1F)c1cccc(S(=O)(=O)C2CCS(=O)(=O)C2)c1. The number of amides is 1. The van der Waals surface area contributed by atoms with Gasteiger partial charge >= 0.3 is 0 Å². The second-order valence-corrected chi connectivity index (χ2v) is 10.6. The fourth-order valence-electron chi connectivity index (χ4n) is 2.80. The third-order valence-electron chi connectivity index (χ3n) is 4.23. The van der Waals surface area contributed by atoms with Gasteiger partial charge in [0.2, 0.25) is 0 Å². The molecule has 0 bridgehead atoms. The van der Waals surface area contributed by atoms with E-state index in [0.29, 0.717) is 6.07 Å². The van der Waals surface area contributed by atoms with Gasteiger partial charge in [0, 0.05) is 11.6 Å². The number of hydrogen-bond acceptors (Lipinski definition) is 5. The monoisotopic (exact) mass is 415 g/mol. The minimum atomic E-state index is -3.94. The summed E-state index contributed by atoms with van der Waals surface area (Å²) in [4.78, 5) is 12.1. The number of hydrogen-bond donors (Lipinski definition) is 1. The van der Waals surface area contributed by atoms with E-state index in [1.807, 2.05) is 0 Å². The van der Waals surface area contributed by atoms with Crippen LogP contribution in [0.5, 0.6) is 0 Å². The van der Waals surface area contributed by atoms with Crippen molar-refractivity contribution in [2.75, 3.05) is 16.8 Å². The summed E-state index contributed by atoms with van der Waals surface area (Å²) in [5.74, 6) is -3.20. The summed E-state index contributed by atoms with van der Waals surface area (Å²) >= 11 is 0. The highest BCUT2D eigenvalue weighted by Crippen LogP contribution is 2.26. The number of halogens is 2. The quantitative estimate of drug-likeness (QED) is 0.826. The van der Waals surface area contributed by atoms with Crippen LogP contribution in [0.4, 0.5) is 14.5 Å². The molecule has 1 atom stereocenters. The maximum absolute atomic E-state index is 13.7. The summed E-state index contributed by atoms with van der Waals surface area (Å²) in [5, 5.41) is 1.18. The van der Waals surface area contributed by atoms with E-state index < -0.39 is 48.2 Å². The first-order valence-corrected chi connectivity index (χ1v) is 11.3. The second-order valence-electron chi connectivity index (χ2n) is 6.18. The average Bonchev–Trinajstić information content (AvgIpc) is 2.98. The molecule has 27 heavy (non-hydrogen) atoms. The highest BCUT2D eigenvalue weighted by molar-refractivity contribution is 7.96. The van der Waals surface area contributed by atoms with Gasteiger partial charge in [0.15, 0.2) is 19.7 Å². The maximum atomic E-state index is 13.7. The van der Waals surface area contributed by atoms with Crippen molar-refractivity contribution in [1.29, 1.82) is 0 Å². The fraction of sp³-hybridized carbons (Fsp3) is 0.235. The van der Waals surface area contributed by atoms with Crippen LogP contribution in [0.1, 0.15) is 16.8 Å². The predicted molar refractivity (Wildman–Crippen MR) is 95.0 cm³/mol. The van der Waals surface area contributed by atoms with Crippen LogP contribution in [0.3, 0.4) is 0 Å². The first-order chi connectivity index (χ1) is 12.6. The Kier molecular flexibility index (Phi) is 5.04. The topological polar surface area (TPSA) is 97.4 Å². The molecule has 0 aromatic heterocycles. The standard InChI is InChI=1S/C17H15F2NO5S2/c18-12-4-5-16(15(19)9-12)20-17(21)11-2-1-3-13(8-11)27(24,25)14-6-7-26(22,23)10-14/h1-5,8-9,14H,6-7,10H2,(H,20,21). The molecule has 0 radical (unpaired) electrons. The molecular weight excluding hydrogens is 400 g/mol. The van der Waals surface area contributed by atoms with Gasteiger partial charge in [-0.15, -0.1) is 0 Å². The molecule has 1 heterocycles. The summed E-state index contributed by atoms with van der Waals surface area (Å²) in [6, 6.07) is 7.68. The number of carbonyl (C=O) groups is 1. The minimum absolute atomic E-state index is 0.00187. The normalized spacial score (nSPS) is 19.0. The smallest absolute Gasteiger partial charge is 0.255 e. The molecule has 0 saturated carbocycles. The van der Waals surface area contributed by atoms with Crippen LogP contribution in [0.25, 0.3) is 0 Å². The van der Waals surface area contributed by atoms with Crippen molar-refractivity contribution in [3.05, 3.63) is 59.7 Å². The van der Waals surface area contributed by atoms with E-state index in [1.54, 1.807) is 0 Å².